The number of hydrogen-bond donors (Lipinski definition) is 0. The van der Waals surface area contributed by atoms with Gasteiger partial charge in [0.2, 0.25) is 11.1 Å². The Morgan fingerprint density at radius 1 is 1.17 bits per heavy atom. The van der Waals surface area contributed by atoms with E-state index in [4.69, 9.17) is 0 Å². The lowest BCUT2D eigenvalue weighted by Crippen LogP contribution is -2.33. The largest absolute Gasteiger partial charge is 0.297 e. The van der Waals surface area contributed by atoms with Crippen molar-refractivity contribution >= 4 is 28.7 Å². The van der Waals surface area contributed by atoms with Crippen LogP contribution in [-0.2, 0) is 22.6 Å². The minimum absolute atomic E-state index is 0.0254. The molecule has 2 aromatic heterocycles. The third-order valence-corrected chi connectivity index (χ3v) is 6.39. The lowest BCUT2D eigenvalue weighted by atomic mass is 9.92. The van der Waals surface area contributed by atoms with Gasteiger partial charge in [-0.15, -0.1) is 0 Å². The summed E-state index contributed by atoms with van der Waals surface area (Å²) in [7, 11) is 0. The summed E-state index contributed by atoms with van der Waals surface area (Å²) in [5.41, 5.74) is 1.44. The van der Waals surface area contributed by atoms with E-state index < -0.39 is 5.95 Å². The van der Waals surface area contributed by atoms with Crippen molar-refractivity contribution in [2.75, 3.05) is 13.1 Å². The molecule has 0 bridgehead atoms. The Labute approximate surface area is 179 Å². The third-order valence-electron chi connectivity index (χ3n) is 5.45. The van der Waals surface area contributed by atoms with Crippen molar-refractivity contribution in [2.45, 2.75) is 38.6 Å². The maximum Gasteiger partial charge on any atom is 0.213 e. The molecular weight excluding hydrogens is 403 g/mol. The van der Waals surface area contributed by atoms with Gasteiger partial charge in [0.1, 0.15) is 5.82 Å². The van der Waals surface area contributed by atoms with Crippen molar-refractivity contribution in [1.29, 1.82) is 0 Å². The van der Waals surface area contributed by atoms with Crippen molar-refractivity contribution < 1.29 is 14.0 Å². The van der Waals surface area contributed by atoms with Gasteiger partial charge in [-0.25, -0.2) is 15.0 Å². The Balaban J connectivity index is 1.26. The highest BCUT2D eigenvalue weighted by atomic mass is 32.2. The number of piperidine rings is 1. The molecule has 0 atom stereocenters. The van der Waals surface area contributed by atoms with Crippen LogP contribution in [0.15, 0.2) is 35.4 Å². The van der Waals surface area contributed by atoms with Crippen molar-refractivity contribution in [3.63, 3.8) is 0 Å². The number of halogens is 1. The van der Waals surface area contributed by atoms with E-state index in [-0.39, 0.29) is 17.3 Å². The van der Waals surface area contributed by atoms with Crippen molar-refractivity contribution in [2.24, 2.45) is 5.92 Å². The van der Waals surface area contributed by atoms with Gasteiger partial charge in [0, 0.05) is 19.2 Å². The average Bonchev–Trinajstić information content (AvgIpc) is 3.04. The number of ketones is 1. The zero-order valence-electron chi connectivity index (χ0n) is 16.6. The summed E-state index contributed by atoms with van der Waals surface area (Å²) in [6.45, 7) is 2.63. The van der Waals surface area contributed by atoms with Crippen LogP contribution in [-0.4, -0.2) is 43.8 Å². The molecule has 0 aromatic carbocycles. The van der Waals surface area contributed by atoms with E-state index in [9.17, 15) is 14.0 Å². The van der Waals surface area contributed by atoms with Crippen LogP contribution in [0.5, 0.6) is 0 Å². The second-order valence-corrected chi connectivity index (χ2v) is 8.79. The van der Waals surface area contributed by atoms with Crippen LogP contribution in [0.4, 0.5) is 4.39 Å². The molecule has 156 valence electrons. The number of hydrogen-bond acceptors (Lipinski definition) is 7. The van der Waals surface area contributed by atoms with Crippen LogP contribution in [0.3, 0.4) is 0 Å². The molecule has 0 aliphatic carbocycles. The number of aromatic nitrogens is 3. The van der Waals surface area contributed by atoms with Gasteiger partial charge in [0.15, 0.2) is 5.78 Å². The number of likely N-dealkylation sites (tertiary alicyclic amines) is 1. The van der Waals surface area contributed by atoms with Crippen molar-refractivity contribution in [1.82, 2.24) is 19.9 Å². The van der Waals surface area contributed by atoms with E-state index in [1.807, 2.05) is 6.07 Å². The normalized spacial score (nSPS) is 19.7. The molecule has 2 aliphatic heterocycles. The first kappa shape index (κ1) is 20.8. The minimum atomic E-state index is -0.428. The first-order chi connectivity index (χ1) is 14.5. The molecule has 2 aliphatic rings. The van der Waals surface area contributed by atoms with Gasteiger partial charge >= 0.3 is 0 Å². The van der Waals surface area contributed by atoms with Crippen molar-refractivity contribution in [3.8, 4) is 0 Å². The molecule has 4 rings (SSSR count). The minimum Gasteiger partial charge on any atom is -0.297 e. The number of carbonyl (C=O) groups is 2. The zero-order chi connectivity index (χ0) is 20.9. The van der Waals surface area contributed by atoms with Gasteiger partial charge in [-0.3, -0.25) is 14.5 Å². The van der Waals surface area contributed by atoms with Crippen LogP contribution in [0.2, 0.25) is 0 Å². The number of pyridine rings is 1. The topological polar surface area (TPSA) is 76.1 Å². The maximum absolute atomic E-state index is 13.2. The fourth-order valence-electron chi connectivity index (χ4n) is 3.83. The number of rotatable bonds is 6. The molecule has 0 amide bonds. The summed E-state index contributed by atoms with van der Waals surface area (Å²) in [5.74, 6) is 0.808. The van der Waals surface area contributed by atoms with Crippen LogP contribution in [0, 0.1) is 11.9 Å². The summed E-state index contributed by atoms with van der Waals surface area (Å²) < 4.78 is 13.2. The number of thioether (sulfide) groups is 1. The third kappa shape index (κ3) is 5.58. The quantitative estimate of drug-likeness (QED) is 0.398. The first-order valence-corrected chi connectivity index (χ1v) is 11.0. The van der Waals surface area contributed by atoms with E-state index in [2.05, 4.69) is 19.9 Å². The molecule has 2 aromatic rings. The Hall–Kier alpha value is -2.45. The molecule has 0 spiro atoms. The van der Waals surface area contributed by atoms with E-state index in [1.54, 1.807) is 24.4 Å². The summed E-state index contributed by atoms with van der Waals surface area (Å²) in [5, 5.41) is -0.111. The summed E-state index contributed by atoms with van der Waals surface area (Å²) in [6, 6.07) is 6.69. The molecule has 8 heteroatoms. The fraction of sp³-hybridized carbons (Fsp3) is 0.409. The van der Waals surface area contributed by atoms with Crippen LogP contribution >= 0.6 is 11.8 Å². The van der Waals surface area contributed by atoms with Gasteiger partial charge in [-0.1, -0.05) is 6.07 Å². The molecule has 0 unspecified atom stereocenters. The van der Waals surface area contributed by atoms with Gasteiger partial charge in [0.05, 0.1) is 22.7 Å². The summed E-state index contributed by atoms with van der Waals surface area (Å²) in [4.78, 5) is 38.8. The highest BCUT2D eigenvalue weighted by Crippen LogP contribution is 2.30. The van der Waals surface area contributed by atoms with E-state index in [1.165, 1.54) is 6.07 Å². The Kier molecular flexibility index (Phi) is 6.64. The molecule has 0 radical (unpaired) electrons. The number of aryl methyl sites for hydroxylation is 1. The van der Waals surface area contributed by atoms with Gasteiger partial charge < -0.3 is 0 Å². The second kappa shape index (κ2) is 9.57. The number of Topliss-reactive ketones (excluding diaryl/α,β-unsaturated/α-hetero) is 1. The van der Waals surface area contributed by atoms with Crippen LogP contribution in [0.25, 0.3) is 6.08 Å². The molecule has 6 nitrogen and oxygen atoms in total. The monoisotopic (exact) mass is 426 g/mol. The van der Waals surface area contributed by atoms with Crippen LogP contribution < -0.4 is 0 Å². The highest BCUT2D eigenvalue weighted by molar-refractivity contribution is 8.18. The Morgan fingerprint density at radius 2 is 2.00 bits per heavy atom. The summed E-state index contributed by atoms with van der Waals surface area (Å²) in [6.07, 6.45) is 7.34. The van der Waals surface area contributed by atoms with Gasteiger partial charge in [-0.2, -0.15) is 4.39 Å². The molecule has 4 heterocycles. The van der Waals surface area contributed by atoms with E-state index in [0.29, 0.717) is 23.1 Å². The lowest BCUT2D eigenvalue weighted by Gasteiger charge is -2.31. The Bertz CT molecular complexity index is 973. The first-order valence-electron chi connectivity index (χ1n) is 10.2. The molecule has 30 heavy (non-hydrogen) atoms. The van der Waals surface area contributed by atoms with Crippen LogP contribution in [0.1, 0.15) is 42.9 Å². The number of nitrogens with zero attached hydrogens (tertiary/aromatic N) is 4. The Morgan fingerprint density at radius 3 is 2.73 bits per heavy atom. The standard InChI is InChI=1S/C22H23FN4O2S/c23-20-3-1-2-17(25-20)14-27-10-7-15(8-11-27)4-5-21-24-9-6-16(26-21)12-19-18(28)13-22(29)30-19/h1-3,6,9,12,15H,4-5,7-8,10-11,13-14H2/b19-12-. The average molecular weight is 427 g/mol. The molecule has 2 saturated heterocycles. The van der Waals surface area contributed by atoms with Gasteiger partial charge in [-0.05, 0) is 74.3 Å². The predicted octanol–water partition coefficient (Wildman–Crippen LogP) is 3.43. The molecule has 2 fully saturated rings. The number of allylic oxidation sites excluding steroid dienone is 1. The van der Waals surface area contributed by atoms with Gasteiger partial charge in [0.25, 0.3) is 0 Å². The fourth-order valence-corrected chi connectivity index (χ4v) is 4.64. The SMILES string of the molecule is O=C1CC(=O)/C(=C/c2ccnc(CCC3CCN(Cc4cccc(F)n4)CC3)n2)S1. The predicted molar refractivity (Wildman–Crippen MR) is 113 cm³/mol. The lowest BCUT2D eigenvalue weighted by molar-refractivity contribution is -0.119. The second-order valence-electron chi connectivity index (χ2n) is 7.69. The molecular formula is C22H23FN4O2S. The molecule has 0 saturated carbocycles. The molecule has 0 N–H and O–H groups in total. The highest BCUT2D eigenvalue weighted by Gasteiger charge is 2.26. The van der Waals surface area contributed by atoms with E-state index in [0.717, 1.165) is 62.1 Å². The summed E-state index contributed by atoms with van der Waals surface area (Å²) >= 11 is 0.994. The maximum atomic E-state index is 13.2. The number of carbonyl (C=O) groups excluding carboxylic acids is 2. The van der Waals surface area contributed by atoms with E-state index >= 15 is 0 Å². The van der Waals surface area contributed by atoms with Crippen molar-refractivity contribution in [3.05, 3.63) is 58.5 Å². The smallest absolute Gasteiger partial charge is 0.213 e. The zero-order valence-corrected chi connectivity index (χ0v) is 17.4.